The van der Waals surface area contributed by atoms with Gasteiger partial charge in [0.1, 0.15) is 0 Å². The van der Waals surface area contributed by atoms with Crippen molar-refractivity contribution >= 4 is 11.9 Å². The highest BCUT2D eigenvalue weighted by atomic mass is 16.7. The van der Waals surface area contributed by atoms with Gasteiger partial charge in [-0.1, -0.05) is 0 Å². The molecule has 1 aliphatic rings. The molecule has 0 N–H and O–H groups in total. The summed E-state index contributed by atoms with van der Waals surface area (Å²) in [6, 6.07) is 6.71. The van der Waals surface area contributed by atoms with Crippen LogP contribution in [-0.4, -0.2) is 41.0 Å². The van der Waals surface area contributed by atoms with Gasteiger partial charge in [-0.2, -0.15) is 0 Å². The summed E-state index contributed by atoms with van der Waals surface area (Å²) < 4.78 is 32.1. The Labute approximate surface area is 157 Å². The monoisotopic (exact) mass is 372 g/mol. The van der Waals surface area contributed by atoms with Gasteiger partial charge in [-0.15, -0.1) is 0 Å². The van der Waals surface area contributed by atoms with E-state index >= 15 is 0 Å². The first kappa shape index (κ1) is 18.4. The lowest BCUT2D eigenvalue weighted by Crippen LogP contribution is -1.98. The Morgan fingerprint density at radius 3 is 2.26 bits per heavy atom. The van der Waals surface area contributed by atoms with Crippen LogP contribution in [0.4, 0.5) is 0 Å². The molecule has 7 nitrogen and oxygen atoms in total. The molecule has 27 heavy (non-hydrogen) atoms. The van der Waals surface area contributed by atoms with E-state index < -0.39 is 0 Å². The van der Waals surface area contributed by atoms with Crippen LogP contribution in [0.25, 0.3) is 6.08 Å². The van der Waals surface area contributed by atoms with Crippen LogP contribution in [0.2, 0.25) is 0 Å². The fourth-order valence-electron chi connectivity index (χ4n) is 2.77. The van der Waals surface area contributed by atoms with Gasteiger partial charge in [-0.05, 0) is 36.4 Å². The first-order chi connectivity index (χ1) is 13.1. The summed E-state index contributed by atoms with van der Waals surface area (Å²) in [4.78, 5) is 12.6. The largest absolute Gasteiger partial charge is 0.493 e. The van der Waals surface area contributed by atoms with Crippen molar-refractivity contribution in [3.8, 4) is 34.5 Å². The number of carbonyl (C=O) groups excluding carboxylic acids is 1. The van der Waals surface area contributed by atoms with Gasteiger partial charge in [0.25, 0.3) is 0 Å². The molecule has 0 spiro atoms. The summed E-state index contributed by atoms with van der Waals surface area (Å²) in [5.41, 5.74) is 1.10. The summed E-state index contributed by atoms with van der Waals surface area (Å²) in [6.07, 6.45) is 3.09. The van der Waals surface area contributed by atoms with E-state index in [1.807, 2.05) is 0 Å². The van der Waals surface area contributed by atoms with Crippen molar-refractivity contribution in [2.24, 2.45) is 0 Å². The second-order valence-electron chi connectivity index (χ2n) is 5.53. The van der Waals surface area contributed by atoms with E-state index in [-0.39, 0.29) is 12.6 Å². The number of carbonyl (C=O) groups is 1. The Balaban J connectivity index is 1.93. The van der Waals surface area contributed by atoms with Crippen LogP contribution < -0.4 is 28.4 Å². The molecule has 0 saturated heterocycles. The van der Waals surface area contributed by atoms with E-state index in [9.17, 15) is 4.79 Å². The summed E-state index contributed by atoms with van der Waals surface area (Å²) >= 11 is 0. The summed E-state index contributed by atoms with van der Waals surface area (Å²) in [7, 11) is 6.12. The second-order valence-corrected chi connectivity index (χ2v) is 5.53. The molecule has 142 valence electrons. The number of allylic oxidation sites excluding steroid dienone is 1. The van der Waals surface area contributed by atoms with Gasteiger partial charge < -0.3 is 28.4 Å². The highest BCUT2D eigenvalue weighted by Crippen LogP contribution is 2.49. The number of hydrogen-bond donors (Lipinski definition) is 0. The minimum Gasteiger partial charge on any atom is -0.493 e. The van der Waals surface area contributed by atoms with Crippen molar-refractivity contribution in [2.45, 2.75) is 0 Å². The number of methoxy groups -OCH3 is 4. The zero-order chi connectivity index (χ0) is 19.4. The van der Waals surface area contributed by atoms with Gasteiger partial charge in [0.05, 0.1) is 28.4 Å². The Morgan fingerprint density at radius 1 is 0.889 bits per heavy atom. The smallest absolute Gasteiger partial charge is 0.231 e. The standard InChI is InChI=1S/C20H20O7/c1-22-15-8-6-12(9-16(15)23-2)14(21)7-5-13-10-17(24-3)19-20(18(13)25-4)27-11-26-19/h5-10H,11H2,1-4H3. The Morgan fingerprint density at radius 2 is 1.59 bits per heavy atom. The van der Waals surface area contributed by atoms with Crippen LogP contribution in [0.3, 0.4) is 0 Å². The fourth-order valence-corrected chi connectivity index (χ4v) is 2.77. The van der Waals surface area contributed by atoms with Gasteiger partial charge in [0, 0.05) is 11.1 Å². The first-order valence-corrected chi connectivity index (χ1v) is 8.12. The lowest BCUT2D eigenvalue weighted by molar-refractivity contribution is 0.104. The molecule has 0 bridgehead atoms. The van der Waals surface area contributed by atoms with Crippen molar-refractivity contribution in [1.29, 1.82) is 0 Å². The van der Waals surface area contributed by atoms with E-state index in [4.69, 9.17) is 28.4 Å². The van der Waals surface area contributed by atoms with Crippen molar-refractivity contribution in [1.82, 2.24) is 0 Å². The average molecular weight is 372 g/mol. The molecule has 2 aromatic carbocycles. The van der Waals surface area contributed by atoms with Gasteiger partial charge in [-0.25, -0.2) is 0 Å². The molecule has 7 heteroatoms. The minimum atomic E-state index is -0.199. The third-order valence-corrected chi connectivity index (χ3v) is 4.10. The lowest BCUT2D eigenvalue weighted by Gasteiger charge is -2.11. The van der Waals surface area contributed by atoms with Crippen LogP contribution >= 0.6 is 0 Å². The molecule has 0 aromatic heterocycles. The van der Waals surface area contributed by atoms with E-state index in [1.165, 1.54) is 27.4 Å². The molecular weight excluding hydrogens is 352 g/mol. The Kier molecular flexibility index (Phi) is 5.40. The zero-order valence-corrected chi connectivity index (χ0v) is 15.5. The number of ether oxygens (including phenoxy) is 6. The average Bonchev–Trinajstić information content (AvgIpc) is 3.20. The van der Waals surface area contributed by atoms with Gasteiger partial charge in [-0.3, -0.25) is 4.79 Å². The van der Waals surface area contributed by atoms with Crippen LogP contribution in [0.5, 0.6) is 34.5 Å². The van der Waals surface area contributed by atoms with Gasteiger partial charge in [0.15, 0.2) is 28.8 Å². The third-order valence-electron chi connectivity index (χ3n) is 4.10. The van der Waals surface area contributed by atoms with E-state index in [1.54, 1.807) is 37.5 Å². The molecule has 1 aliphatic heterocycles. The zero-order valence-electron chi connectivity index (χ0n) is 15.5. The molecule has 0 amide bonds. The SMILES string of the molecule is COc1ccc(C(=O)C=Cc2cc(OC)c3c(c2OC)OCO3)cc1OC. The molecular formula is C20H20O7. The van der Waals surface area contributed by atoms with E-state index in [0.717, 1.165) is 0 Å². The molecule has 0 fully saturated rings. The lowest BCUT2D eigenvalue weighted by atomic mass is 10.1. The molecule has 0 aliphatic carbocycles. The quantitative estimate of drug-likeness (QED) is 0.545. The van der Waals surface area contributed by atoms with Crippen LogP contribution in [0.1, 0.15) is 15.9 Å². The molecule has 2 aromatic rings. The molecule has 0 unspecified atom stereocenters. The molecule has 1 heterocycles. The second kappa shape index (κ2) is 7.90. The molecule has 3 rings (SSSR count). The molecule has 0 atom stereocenters. The minimum absolute atomic E-state index is 0.0831. The van der Waals surface area contributed by atoms with Crippen molar-refractivity contribution in [3.05, 3.63) is 41.5 Å². The van der Waals surface area contributed by atoms with Crippen molar-refractivity contribution in [2.75, 3.05) is 35.2 Å². The van der Waals surface area contributed by atoms with E-state index in [0.29, 0.717) is 45.6 Å². The van der Waals surface area contributed by atoms with Gasteiger partial charge in [0.2, 0.25) is 18.3 Å². The van der Waals surface area contributed by atoms with E-state index in [2.05, 4.69) is 0 Å². The highest BCUT2D eigenvalue weighted by Gasteiger charge is 2.26. The predicted octanol–water partition coefficient (Wildman–Crippen LogP) is 3.35. The maximum absolute atomic E-state index is 12.6. The molecule has 0 saturated carbocycles. The van der Waals surface area contributed by atoms with Crippen LogP contribution in [0, 0.1) is 0 Å². The maximum atomic E-state index is 12.6. The van der Waals surface area contributed by atoms with Crippen molar-refractivity contribution < 1.29 is 33.2 Å². The maximum Gasteiger partial charge on any atom is 0.231 e. The van der Waals surface area contributed by atoms with Crippen LogP contribution in [-0.2, 0) is 0 Å². The Hall–Kier alpha value is -3.35. The third kappa shape index (κ3) is 3.48. The normalized spacial score (nSPS) is 12.1. The fraction of sp³-hybridized carbons (Fsp3) is 0.250. The molecule has 0 radical (unpaired) electrons. The Bertz CT molecular complexity index is 886. The first-order valence-electron chi connectivity index (χ1n) is 8.12. The number of ketones is 1. The number of fused-ring (bicyclic) bond motifs is 1. The summed E-state index contributed by atoms with van der Waals surface area (Å²) in [6.45, 7) is 0.0831. The van der Waals surface area contributed by atoms with Crippen molar-refractivity contribution in [3.63, 3.8) is 0 Å². The topological polar surface area (TPSA) is 72.5 Å². The number of hydrogen-bond acceptors (Lipinski definition) is 7. The summed E-state index contributed by atoms with van der Waals surface area (Å²) in [5.74, 6) is 2.75. The van der Waals surface area contributed by atoms with Gasteiger partial charge >= 0.3 is 0 Å². The number of rotatable bonds is 7. The highest BCUT2D eigenvalue weighted by molar-refractivity contribution is 6.07. The predicted molar refractivity (Wildman–Crippen MR) is 98.6 cm³/mol. The summed E-state index contributed by atoms with van der Waals surface area (Å²) in [5, 5.41) is 0. The van der Waals surface area contributed by atoms with Crippen LogP contribution in [0.15, 0.2) is 30.3 Å². The number of benzene rings is 2.